The van der Waals surface area contributed by atoms with E-state index in [1.165, 1.54) is 5.56 Å². The maximum Gasteiger partial charge on any atom is 0.229 e. The summed E-state index contributed by atoms with van der Waals surface area (Å²) in [6, 6.07) is 14.0. The van der Waals surface area contributed by atoms with E-state index in [-0.39, 0.29) is 5.78 Å². The highest BCUT2D eigenvalue weighted by molar-refractivity contribution is 5.96. The first-order valence-corrected chi connectivity index (χ1v) is 8.88. The Morgan fingerprint density at radius 2 is 1.73 bits per heavy atom. The summed E-state index contributed by atoms with van der Waals surface area (Å²) in [6.45, 7) is 6.49. The molecule has 3 aromatic rings. The molecule has 0 N–H and O–H groups in total. The molecule has 0 saturated heterocycles. The quantitative estimate of drug-likeness (QED) is 0.501. The highest BCUT2D eigenvalue weighted by Crippen LogP contribution is 2.23. The van der Waals surface area contributed by atoms with Crippen molar-refractivity contribution in [1.29, 1.82) is 0 Å². The number of rotatable bonds is 6. The Bertz CT molecular complexity index is 907. The summed E-state index contributed by atoms with van der Waals surface area (Å²) < 4.78 is 9.27. The van der Waals surface area contributed by atoms with Gasteiger partial charge in [-0.1, -0.05) is 6.92 Å². The van der Waals surface area contributed by atoms with E-state index in [0.29, 0.717) is 6.54 Å². The number of hydrogen-bond donors (Lipinski definition) is 0. The van der Waals surface area contributed by atoms with Crippen molar-refractivity contribution < 1.29 is 14.1 Å². The lowest BCUT2D eigenvalue weighted by atomic mass is 10.1. The minimum Gasteiger partial charge on any atom is -0.497 e. The van der Waals surface area contributed by atoms with Gasteiger partial charge in [0.15, 0.2) is 12.4 Å². The van der Waals surface area contributed by atoms with Crippen LogP contribution in [0, 0.1) is 13.8 Å². The van der Waals surface area contributed by atoms with Gasteiger partial charge in [0.1, 0.15) is 5.75 Å². The minimum atomic E-state index is 0.118. The van der Waals surface area contributed by atoms with E-state index in [2.05, 4.69) is 23.6 Å². The van der Waals surface area contributed by atoms with Gasteiger partial charge >= 0.3 is 0 Å². The largest absolute Gasteiger partial charge is 0.497 e. The first kappa shape index (κ1) is 17.9. The lowest BCUT2D eigenvalue weighted by Gasteiger charge is -2.10. The van der Waals surface area contributed by atoms with Crippen LogP contribution in [0.1, 0.15) is 34.2 Å². The third-order valence-electron chi connectivity index (χ3n) is 4.76. The summed E-state index contributed by atoms with van der Waals surface area (Å²) in [7, 11) is 1.66. The van der Waals surface area contributed by atoms with Crippen molar-refractivity contribution in [1.82, 2.24) is 4.57 Å². The van der Waals surface area contributed by atoms with Gasteiger partial charge in [-0.15, -0.1) is 0 Å². The molecule has 3 rings (SSSR count). The van der Waals surface area contributed by atoms with Crippen LogP contribution in [0.4, 0.5) is 0 Å². The molecule has 2 aromatic heterocycles. The topological polar surface area (TPSA) is 35.1 Å². The van der Waals surface area contributed by atoms with Gasteiger partial charge in [0.2, 0.25) is 12.3 Å². The number of pyridine rings is 1. The van der Waals surface area contributed by atoms with Crippen molar-refractivity contribution in [2.75, 3.05) is 7.11 Å². The van der Waals surface area contributed by atoms with Crippen molar-refractivity contribution in [3.63, 3.8) is 0 Å². The molecule has 0 spiro atoms. The summed E-state index contributed by atoms with van der Waals surface area (Å²) in [5, 5.41) is 0. The van der Waals surface area contributed by atoms with Gasteiger partial charge in [-0.05, 0) is 56.2 Å². The summed E-state index contributed by atoms with van der Waals surface area (Å²) in [5.74, 6) is 0.937. The smallest absolute Gasteiger partial charge is 0.229 e. The normalized spacial score (nSPS) is 10.8. The van der Waals surface area contributed by atoms with Gasteiger partial charge < -0.3 is 9.30 Å². The van der Waals surface area contributed by atoms with Gasteiger partial charge in [-0.25, -0.2) is 0 Å². The van der Waals surface area contributed by atoms with E-state index in [1.807, 2.05) is 61.1 Å². The highest BCUT2D eigenvalue weighted by atomic mass is 16.5. The molecule has 0 aliphatic carbocycles. The van der Waals surface area contributed by atoms with Gasteiger partial charge in [0.25, 0.3) is 0 Å². The number of Topliss-reactive ketones (excluding diaryl/α,β-unsaturated/α-hetero) is 1. The number of nitrogens with zero attached hydrogens (tertiary/aromatic N) is 2. The Morgan fingerprint density at radius 1 is 1.08 bits per heavy atom. The summed E-state index contributed by atoms with van der Waals surface area (Å²) in [5.41, 5.74) is 5.07. The van der Waals surface area contributed by atoms with Gasteiger partial charge in [0, 0.05) is 34.8 Å². The molecule has 0 fully saturated rings. The van der Waals surface area contributed by atoms with Crippen LogP contribution in [0.5, 0.6) is 5.75 Å². The van der Waals surface area contributed by atoms with Crippen LogP contribution in [-0.4, -0.2) is 17.5 Å². The van der Waals surface area contributed by atoms with Gasteiger partial charge in [0.05, 0.1) is 7.11 Å². The number of benzene rings is 1. The van der Waals surface area contributed by atoms with Crippen LogP contribution < -0.4 is 9.30 Å². The predicted octanol–water partition coefficient (Wildman–Crippen LogP) is 3.84. The van der Waals surface area contributed by atoms with E-state index in [0.717, 1.165) is 34.8 Å². The number of carbonyl (C=O) groups is 1. The van der Waals surface area contributed by atoms with E-state index < -0.39 is 0 Å². The molecular formula is C22H25N2O2+. The number of ketones is 1. The molecule has 0 aliphatic heterocycles. The monoisotopic (exact) mass is 349 g/mol. The number of aromatic nitrogens is 2. The summed E-state index contributed by atoms with van der Waals surface area (Å²) in [6.07, 6.45) is 4.94. The predicted molar refractivity (Wildman–Crippen MR) is 102 cm³/mol. The third-order valence-corrected chi connectivity index (χ3v) is 4.76. The lowest BCUT2D eigenvalue weighted by Crippen LogP contribution is -2.37. The van der Waals surface area contributed by atoms with Crippen LogP contribution in [0.25, 0.3) is 5.69 Å². The van der Waals surface area contributed by atoms with Crippen molar-refractivity contribution >= 4 is 5.78 Å². The highest BCUT2D eigenvalue weighted by Gasteiger charge is 2.19. The summed E-state index contributed by atoms with van der Waals surface area (Å²) >= 11 is 0. The zero-order valence-electron chi connectivity index (χ0n) is 15.8. The zero-order chi connectivity index (χ0) is 18.7. The molecule has 134 valence electrons. The maximum absolute atomic E-state index is 12.8. The van der Waals surface area contributed by atoms with Crippen molar-refractivity contribution in [2.24, 2.45) is 0 Å². The standard InChI is InChI=1S/C22H25N2O2/c1-5-18-10-12-23(13-11-18)15-22(25)21-14-16(2)24(17(21)3)19-6-8-20(26-4)9-7-19/h6-14H,5,15H2,1-4H3/q+1. The Kier molecular flexibility index (Phi) is 5.21. The zero-order valence-corrected chi connectivity index (χ0v) is 15.8. The first-order chi connectivity index (χ1) is 12.5. The van der Waals surface area contributed by atoms with Gasteiger partial charge in [-0.3, -0.25) is 4.79 Å². The molecule has 0 saturated carbocycles. The fraction of sp³-hybridized carbons (Fsp3) is 0.273. The molecule has 0 atom stereocenters. The molecule has 0 radical (unpaired) electrons. The van der Waals surface area contributed by atoms with Crippen LogP contribution in [-0.2, 0) is 13.0 Å². The second-order valence-corrected chi connectivity index (χ2v) is 6.47. The van der Waals surface area contributed by atoms with Crippen LogP contribution >= 0.6 is 0 Å². The molecule has 0 bridgehead atoms. The third kappa shape index (κ3) is 3.54. The summed E-state index contributed by atoms with van der Waals surface area (Å²) in [4.78, 5) is 12.8. The number of aryl methyl sites for hydroxylation is 2. The molecular weight excluding hydrogens is 324 g/mol. The van der Waals surface area contributed by atoms with E-state index >= 15 is 0 Å². The fourth-order valence-electron chi connectivity index (χ4n) is 3.25. The Morgan fingerprint density at radius 3 is 2.31 bits per heavy atom. The molecule has 26 heavy (non-hydrogen) atoms. The molecule has 4 heteroatoms. The molecule has 1 aromatic carbocycles. The van der Waals surface area contributed by atoms with Crippen molar-refractivity contribution in [2.45, 2.75) is 33.7 Å². The Labute approximate surface area is 154 Å². The van der Waals surface area contributed by atoms with Gasteiger partial charge in [-0.2, -0.15) is 4.57 Å². The second-order valence-electron chi connectivity index (χ2n) is 6.47. The molecule has 0 unspecified atom stereocenters. The number of hydrogen-bond acceptors (Lipinski definition) is 2. The van der Waals surface area contributed by atoms with Crippen molar-refractivity contribution in [3.05, 3.63) is 77.4 Å². The first-order valence-electron chi connectivity index (χ1n) is 8.88. The fourth-order valence-corrected chi connectivity index (χ4v) is 3.25. The SMILES string of the molecule is CCc1cc[n+](CC(=O)c2cc(C)n(-c3ccc(OC)cc3)c2C)cc1. The molecule has 0 aliphatic rings. The molecule has 4 nitrogen and oxygen atoms in total. The van der Waals surface area contributed by atoms with Crippen LogP contribution in [0.15, 0.2) is 54.9 Å². The average molecular weight is 349 g/mol. The second kappa shape index (κ2) is 7.56. The number of ether oxygens (including phenoxy) is 1. The van der Waals surface area contributed by atoms with E-state index in [1.54, 1.807) is 7.11 Å². The average Bonchev–Trinajstić information content (AvgIpc) is 2.97. The maximum atomic E-state index is 12.8. The molecule has 2 heterocycles. The Balaban J connectivity index is 1.87. The van der Waals surface area contributed by atoms with E-state index in [4.69, 9.17) is 4.74 Å². The Hall–Kier alpha value is -2.88. The lowest BCUT2D eigenvalue weighted by molar-refractivity contribution is -0.683. The number of carbonyl (C=O) groups excluding carboxylic acids is 1. The molecule has 0 amide bonds. The minimum absolute atomic E-state index is 0.118. The van der Waals surface area contributed by atoms with Crippen LogP contribution in [0.3, 0.4) is 0 Å². The van der Waals surface area contributed by atoms with Crippen molar-refractivity contribution in [3.8, 4) is 11.4 Å². The number of methoxy groups -OCH3 is 1. The van der Waals surface area contributed by atoms with E-state index in [9.17, 15) is 4.79 Å². The van der Waals surface area contributed by atoms with Crippen LogP contribution in [0.2, 0.25) is 0 Å².